The predicted molar refractivity (Wildman–Crippen MR) is 92.8 cm³/mol. The molecule has 3 heterocycles. The van der Waals surface area contributed by atoms with Crippen LogP contribution in [0.3, 0.4) is 0 Å². The summed E-state index contributed by atoms with van der Waals surface area (Å²) in [4.78, 5) is 15.4. The molecule has 24 heavy (non-hydrogen) atoms. The molecule has 1 amide bonds. The maximum atomic E-state index is 12.6. The molecule has 0 bridgehead atoms. The van der Waals surface area contributed by atoms with E-state index < -0.39 is 0 Å². The van der Waals surface area contributed by atoms with Crippen LogP contribution in [-0.2, 0) is 11.2 Å². The molecular formula is C17H19N5OS. The second-order valence-electron chi connectivity index (χ2n) is 6.27. The van der Waals surface area contributed by atoms with Gasteiger partial charge in [-0.25, -0.2) is 0 Å². The minimum atomic E-state index is 0.220. The Kier molecular flexibility index (Phi) is 4.02. The van der Waals surface area contributed by atoms with Crippen molar-refractivity contribution in [2.24, 2.45) is 0 Å². The molecule has 6 nitrogen and oxygen atoms in total. The SMILES string of the molecule is C[C@@H]1CCCCN1C(=O)Cc1cccc(-c2nn3cnnc3s2)c1. The molecule has 1 aliphatic rings. The Balaban J connectivity index is 1.54. The maximum absolute atomic E-state index is 12.6. The van der Waals surface area contributed by atoms with Crippen molar-refractivity contribution in [1.29, 1.82) is 0 Å². The van der Waals surface area contributed by atoms with Gasteiger partial charge in [0.1, 0.15) is 11.3 Å². The standard InChI is InChI=1S/C17H19N5OS/c1-12-5-2-3-8-21(12)15(23)10-13-6-4-7-14(9-13)16-20-22-11-18-19-17(22)24-16/h4,6-7,9,11-12H,2-3,5,8,10H2,1H3/t12-/m1/s1. The second-order valence-corrected chi connectivity index (χ2v) is 7.23. The number of fused-ring (bicyclic) bond motifs is 1. The highest BCUT2D eigenvalue weighted by Gasteiger charge is 2.23. The summed E-state index contributed by atoms with van der Waals surface area (Å²) in [5, 5.41) is 13.2. The normalized spacial score (nSPS) is 18.2. The first-order valence-corrected chi connectivity index (χ1v) is 9.08. The Hall–Kier alpha value is -2.28. The van der Waals surface area contributed by atoms with Gasteiger partial charge in [0.2, 0.25) is 10.9 Å². The number of piperidine rings is 1. The number of amides is 1. The van der Waals surface area contributed by atoms with Crippen LogP contribution in [0.5, 0.6) is 0 Å². The Morgan fingerprint density at radius 1 is 1.38 bits per heavy atom. The molecule has 124 valence electrons. The van der Waals surface area contributed by atoms with Crippen LogP contribution >= 0.6 is 11.3 Å². The highest BCUT2D eigenvalue weighted by Crippen LogP contribution is 2.26. The fraction of sp³-hybridized carbons (Fsp3) is 0.412. The van der Waals surface area contributed by atoms with E-state index in [1.807, 2.05) is 23.1 Å². The first-order chi connectivity index (χ1) is 11.7. The molecular weight excluding hydrogens is 322 g/mol. The predicted octanol–water partition coefficient (Wildman–Crippen LogP) is 2.80. The Morgan fingerprint density at radius 2 is 2.29 bits per heavy atom. The van der Waals surface area contributed by atoms with Crippen molar-refractivity contribution in [2.45, 2.75) is 38.6 Å². The van der Waals surface area contributed by atoms with Crippen molar-refractivity contribution in [2.75, 3.05) is 6.54 Å². The number of rotatable bonds is 3. The molecule has 1 aliphatic heterocycles. The van der Waals surface area contributed by atoms with Crippen LogP contribution in [-0.4, -0.2) is 43.2 Å². The molecule has 1 atom stereocenters. The van der Waals surface area contributed by atoms with Gasteiger partial charge >= 0.3 is 0 Å². The molecule has 0 unspecified atom stereocenters. The summed E-state index contributed by atoms with van der Waals surface area (Å²) in [6.07, 6.45) is 5.49. The lowest BCUT2D eigenvalue weighted by molar-refractivity contribution is -0.133. The largest absolute Gasteiger partial charge is 0.340 e. The van der Waals surface area contributed by atoms with Crippen LogP contribution in [0.4, 0.5) is 0 Å². The number of carbonyl (C=O) groups is 1. The molecule has 2 aromatic heterocycles. The molecule has 1 fully saturated rings. The van der Waals surface area contributed by atoms with E-state index in [9.17, 15) is 4.79 Å². The van der Waals surface area contributed by atoms with Gasteiger partial charge in [-0.3, -0.25) is 4.79 Å². The number of aromatic nitrogens is 4. The summed E-state index contributed by atoms with van der Waals surface area (Å²) < 4.78 is 1.67. The summed E-state index contributed by atoms with van der Waals surface area (Å²) in [7, 11) is 0. The number of carbonyl (C=O) groups excluding carboxylic acids is 1. The smallest absolute Gasteiger partial charge is 0.234 e. The summed E-state index contributed by atoms with van der Waals surface area (Å²) in [5.74, 6) is 0.220. The number of likely N-dealkylation sites (tertiary alicyclic amines) is 1. The van der Waals surface area contributed by atoms with Gasteiger partial charge in [0, 0.05) is 18.2 Å². The molecule has 7 heteroatoms. The number of hydrogen-bond donors (Lipinski definition) is 0. The van der Waals surface area contributed by atoms with Gasteiger partial charge in [0.25, 0.3) is 0 Å². The summed E-state index contributed by atoms with van der Waals surface area (Å²) in [6, 6.07) is 8.42. The summed E-state index contributed by atoms with van der Waals surface area (Å²) in [5.41, 5.74) is 2.05. The molecule has 0 saturated carbocycles. The zero-order chi connectivity index (χ0) is 16.5. The number of nitrogens with zero attached hydrogens (tertiary/aromatic N) is 5. The van der Waals surface area contributed by atoms with E-state index in [1.54, 1.807) is 10.8 Å². The molecule has 1 aromatic carbocycles. The van der Waals surface area contributed by atoms with Crippen LogP contribution in [0.15, 0.2) is 30.6 Å². The molecule has 0 spiro atoms. The minimum absolute atomic E-state index is 0.220. The zero-order valence-electron chi connectivity index (χ0n) is 13.6. The highest BCUT2D eigenvalue weighted by atomic mass is 32.1. The number of hydrogen-bond acceptors (Lipinski definition) is 5. The van der Waals surface area contributed by atoms with Gasteiger partial charge in [-0.2, -0.15) is 9.61 Å². The minimum Gasteiger partial charge on any atom is -0.340 e. The lowest BCUT2D eigenvalue weighted by Crippen LogP contribution is -2.42. The van der Waals surface area contributed by atoms with Crippen molar-refractivity contribution >= 4 is 22.2 Å². The van der Waals surface area contributed by atoms with Crippen molar-refractivity contribution < 1.29 is 4.79 Å². The van der Waals surface area contributed by atoms with Crippen molar-refractivity contribution in [3.63, 3.8) is 0 Å². The Bertz CT molecular complexity index is 842. The van der Waals surface area contributed by atoms with Crippen molar-refractivity contribution in [3.05, 3.63) is 36.2 Å². The third-order valence-electron chi connectivity index (χ3n) is 4.54. The quantitative estimate of drug-likeness (QED) is 0.735. The van der Waals surface area contributed by atoms with Gasteiger partial charge in [-0.15, -0.1) is 10.2 Å². The Morgan fingerprint density at radius 3 is 3.12 bits per heavy atom. The lowest BCUT2D eigenvalue weighted by Gasteiger charge is -2.33. The lowest BCUT2D eigenvalue weighted by atomic mass is 10.0. The van der Waals surface area contributed by atoms with Crippen molar-refractivity contribution in [1.82, 2.24) is 24.7 Å². The fourth-order valence-corrected chi connectivity index (χ4v) is 4.05. The highest BCUT2D eigenvalue weighted by molar-refractivity contribution is 7.19. The van der Waals surface area contributed by atoms with Gasteiger partial charge < -0.3 is 4.90 Å². The molecule has 4 rings (SSSR count). The zero-order valence-corrected chi connectivity index (χ0v) is 14.4. The van der Waals surface area contributed by atoms with Gasteiger partial charge in [0.05, 0.1) is 6.42 Å². The first-order valence-electron chi connectivity index (χ1n) is 8.26. The van der Waals surface area contributed by atoms with Crippen LogP contribution < -0.4 is 0 Å². The monoisotopic (exact) mass is 341 g/mol. The maximum Gasteiger partial charge on any atom is 0.234 e. The van der Waals surface area contributed by atoms with Gasteiger partial charge in [-0.05, 0) is 37.8 Å². The van der Waals surface area contributed by atoms with E-state index in [0.29, 0.717) is 12.5 Å². The van der Waals surface area contributed by atoms with E-state index in [1.165, 1.54) is 17.8 Å². The third kappa shape index (κ3) is 2.91. The van der Waals surface area contributed by atoms with E-state index in [2.05, 4.69) is 28.3 Å². The fourth-order valence-electron chi connectivity index (χ4n) is 3.24. The molecule has 0 aliphatic carbocycles. The van der Waals surface area contributed by atoms with Crippen molar-refractivity contribution in [3.8, 4) is 10.6 Å². The second kappa shape index (κ2) is 6.32. The summed E-state index contributed by atoms with van der Waals surface area (Å²) >= 11 is 1.50. The average molecular weight is 341 g/mol. The summed E-state index contributed by atoms with van der Waals surface area (Å²) in [6.45, 7) is 3.03. The van der Waals surface area contributed by atoms with Crippen LogP contribution in [0, 0.1) is 0 Å². The third-order valence-corrected chi connectivity index (χ3v) is 5.50. The van der Waals surface area contributed by atoms with E-state index >= 15 is 0 Å². The van der Waals surface area contributed by atoms with E-state index in [-0.39, 0.29) is 5.91 Å². The molecule has 1 saturated heterocycles. The van der Waals surface area contributed by atoms with Gasteiger partial charge in [0.15, 0.2) is 0 Å². The van der Waals surface area contributed by atoms with Gasteiger partial charge in [-0.1, -0.05) is 29.5 Å². The molecule has 0 radical (unpaired) electrons. The van der Waals surface area contributed by atoms with Crippen LogP contribution in [0.2, 0.25) is 0 Å². The van der Waals surface area contributed by atoms with E-state index in [0.717, 1.165) is 40.5 Å². The molecule has 0 N–H and O–H groups in total. The first kappa shape index (κ1) is 15.3. The topological polar surface area (TPSA) is 63.4 Å². The van der Waals surface area contributed by atoms with E-state index in [4.69, 9.17) is 0 Å². The van der Waals surface area contributed by atoms with Crippen LogP contribution in [0.1, 0.15) is 31.7 Å². The van der Waals surface area contributed by atoms with Crippen LogP contribution in [0.25, 0.3) is 15.5 Å². The average Bonchev–Trinajstić information content (AvgIpc) is 3.17. The number of benzene rings is 1. The Labute approximate surface area is 144 Å². The molecule has 3 aromatic rings.